The van der Waals surface area contributed by atoms with E-state index in [1.807, 2.05) is 0 Å². The number of hydrogen-bond donors (Lipinski definition) is 0. The van der Waals surface area contributed by atoms with Gasteiger partial charge in [0.25, 0.3) is 0 Å². The Morgan fingerprint density at radius 3 is 2.62 bits per heavy atom. The quantitative estimate of drug-likeness (QED) is 0.784. The molecule has 0 unspecified atom stereocenters. The molecule has 72 valence electrons. The standard InChI is InChI=1S/C7H5BrClFO2S/c8-6-3-1-2-5(7(6)10)4-13(9,11)12/h1-3H,4H2. The van der Waals surface area contributed by atoms with Gasteiger partial charge >= 0.3 is 0 Å². The van der Waals surface area contributed by atoms with E-state index < -0.39 is 20.6 Å². The molecule has 0 bridgehead atoms. The van der Waals surface area contributed by atoms with E-state index >= 15 is 0 Å². The number of halogens is 3. The molecule has 0 saturated heterocycles. The van der Waals surface area contributed by atoms with Gasteiger partial charge in [-0.15, -0.1) is 0 Å². The molecule has 0 amide bonds. The highest BCUT2D eigenvalue weighted by atomic mass is 79.9. The van der Waals surface area contributed by atoms with Gasteiger partial charge < -0.3 is 0 Å². The van der Waals surface area contributed by atoms with Crippen molar-refractivity contribution in [2.24, 2.45) is 0 Å². The van der Waals surface area contributed by atoms with Crippen LogP contribution in [0.2, 0.25) is 0 Å². The molecule has 0 heterocycles. The topological polar surface area (TPSA) is 34.1 Å². The summed E-state index contributed by atoms with van der Waals surface area (Å²) < 4.78 is 34.7. The van der Waals surface area contributed by atoms with Crippen molar-refractivity contribution in [3.63, 3.8) is 0 Å². The first-order valence-corrected chi connectivity index (χ1v) is 6.52. The Morgan fingerprint density at radius 2 is 2.08 bits per heavy atom. The molecule has 0 atom stereocenters. The van der Waals surface area contributed by atoms with E-state index in [9.17, 15) is 12.8 Å². The van der Waals surface area contributed by atoms with Crippen LogP contribution < -0.4 is 0 Å². The van der Waals surface area contributed by atoms with Gasteiger partial charge in [0.05, 0.1) is 10.2 Å². The fourth-order valence-electron chi connectivity index (χ4n) is 0.846. The van der Waals surface area contributed by atoms with Crippen molar-refractivity contribution < 1.29 is 12.8 Å². The third kappa shape index (κ3) is 3.25. The Bertz CT molecular complexity index is 419. The van der Waals surface area contributed by atoms with Crippen LogP contribution in [0.1, 0.15) is 5.56 Å². The fraction of sp³-hybridized carbons (Fsp3) is 0.143. The molecule has 13 heavy (non-hydrogen) atoms. The lowest BCUT2D eigenvalue weighted by Gasteiger charge is -2.01. The van der Waals surface area contributed by atoms with Crippen LogP contribution in [-0.4, -0.2) is 8.42 Å². The average Bonchev–Trinajstić information content (AvgIpc) is 1.96. The molecule has 0 saturated carbocycles. The summed E-state index contributed by atoms with van der Waals surface area (Å²) in [5, 5.41) is 0. The van der Waals surface area contributed by atoms with Crippen LogP contribution in [0.5, 0.6) is 0 Å². The van der Waals surface area contributed by atoms with Crippen LogP contribution >= 0.6 is 26.6 Å². The molecule has 0 N–H and O–H groups in total. The highest BCUT2D eigenvalue weighted by Gasteiger charge is 2.12. The van der Waals surface area contributed by atoms with E-state index in [0.29, 0.717) is 0 Å². The molecule has 2 nitrogen and oxygen atoms in total. The van der Waals surface area contributed by atoms with Crippen molar-refractivity contribution in [1.82, 2.24) is 0 Å². The summed E-state index contributed by atoms with van der Waals surface area (Å²) in [5.41, 5.74) is 0.0596. The van der Waals surface area contributed by atoms with Crippen LogP contribution in [0, 0.1) is 5.82 Å². The summed E-state index contributed by atoms with van der Waals surface area (Å²) in [6.07, 6.45) is 0. The summed E-state index contributed by atoms with van der Waals surface area (Å²) in [4.78, 5) is 0. The highest BCUT2D eigenvalue weighted by Crippen LogP contribution is 2.21. The van der Waals surface area contributed by atoms with E-state index in [1.54, 1.807) is 6.07 Å². The zero-order chi connectivity index (χ0) is 10.1. The molecule has 1 rings (SSSR count). The third-order valence-corrected chi connectivity index (χ3v) is 2.96. The van der Waals surface area contributed by atoms with Crippen molar-refractivity contribution in [1.29, 1.82) is 0 Å². The summed E-state index contributed by atoms with van der Waals surface area (Å²) in [6.45, 7) is 0. The first-order valence-electron chi connectivity index (χ1n) is 3.25. The molecule has 0 aliphatic rings. The zero-order valence-electron chi connectivity index (χ0n) is 6.30. The number of benzene rings is 1. The molecule has 0 radical (unpaired) electrons. The molecule has 0 aromatic heterocycles. The van der Waals surface area contributed by atoms with Crippen molar-refractivity contribution in [3.05, 3.63) is 34.1 Å². The average molecular weight is 288 g/mol. The largest absolute Gasteiger partial charge is 0.236 e. The van der Waals surface area contributed by atoms with Gasteiger partial charge in [0.1, 0.15) is 5.82 Å². The second kappa shape index (κ2) is 3.94. The molecular formula is C7H5BrClFO2S. The van der Waals surface area contributed by atoms with Crippen LogP contribution in [0.4, 0.5) is 4.39 Å². The SMILES string of the molecule is O=S(=O)(Cl)Cc1cccc(Br)c1F. The Kier molecular flexibility index (Phi) is 3.32. The molecular weight excluding hydrogens is 282 g/mol. The lowest BCUT2D eigenvalue weighted by Crippen LogP contribution is -1.98. The lowest BCUT2D eigenvalue weighted by atomic mass is 10.2. The Balaban J connectivity index is 3.10. The van der Waals surface area contributed by atoms with E-state index in [0.717, 1.165) is 0 Å². The van der Waals surface area contributed by atoms with Gasteiger partial charge in [0.15, 0.2) is 0 Å². The van der Waals surface area contributed by atoms with Crippen LogP contribution in [-0.2, 0) is 14.8 Å². The minimum Gasteiger partial charge on any atom is -0.212 e. The maximum atomic E-state index is 13.2. The van der Waals surface area contributed by atoms with Gasteiger partial charge in [-0.2, -0.15) is 0 Å². The third-order valence-electron chi connectivity index (χ3n) is 1.36. The zero-order valence-corrected chi connectivity index (χ0v) is 9.46. The van der Waals surface area contributed by atoms with Gasteiger partial charge in [-0.1, -0.05) is 12.1 Å². The van der Waals surface area contributed by atoms with E-state index in [4.69, 9.17) is 10.7 Å². The van der Waals surface area contributed by atoms with Gasteiger partial charge in [0, 0.05) is 16.2 Å². The molecule has 1 aromatic rings. The van der Waals surface area contributed by atoms with E-state index in [1.165, 1.54) is 12.1 Å². The predicted molar refractivity (Wildman–Crippen MR) is 52.6 cm³/mol. The van der Waals surface area contributed by atoms with Crippen molar-refractivity contribution >= 4 is 35.7 Å². The monoisotopic (exact) mass is 286 g/mol. The van der Waals surface area contributed by atoms with Crippen LogP contribution in [0.15, 0.2) is 22.7 Å². The first kappa shape index (κ1) is 10.9. The smallest absolute Gasteiger partial charge is 0.212 e. The minimum absolute atomic E-state index is 0.0596. The maximum absolute atomic E-state index is 13.2. The molecule has 6 heteroatoms. The molecule has 0 fully saturated rings. The normalized spacial score (nSPS) is 11.6. The lowest BCUT2D eigenvalue weighted by molar-refractivity contribution is 0.594. The first-order chi connectivity index (χ1) is 5.90. The van der Waals surface area contributed by atoms with Gasteiger partial charge in [0.2, 0.25) is 9.05 Å². The summed E-state index contributed by atoms with van der Waals surface area (Å²) in [6, 6.07) is 4.41. The van der Waals surface area contributed by atoms with E-state index in [-0.39, 0.29) is 10.0 Å². The molecule has 0 spiro atoms. The number of rotatable bonds is 2. The van der Waals surface area contributed by atoms with Gasteiger partial charge in [-0.3, -0.25) is 0 Å². The summed E-state index contributed by atoms with van der Waals surface area (Å²) >= 11 is 2.94. The summed E-state index contributed by atoms with van der Waals surface area (Å²) in [5.74, 6) is -1.09. The van der Waals surface area contributed by atoms with Crippen molar-refractivity contribution in [2.75, 3.05) is 0 Å². The Hall–Kier alpha value is -0.130. The predicted octanol–water partition coefficient (Wildman–Crippen LogP) is 2.66. The fourth-order valence-corrected chi connectivity index (χ4v) is 2.20. The summed E-state index contributed by atoms with van der Waals surface area (Å²) in [7, 11) is 1.28. The van der Waals surface area contributed by atoms with Gasteiger partial charge in [-0.05, 0) is 22.0 Å². The highest BCUT2D eigenvalue weighted by molar-refractivity contribution is 9.10. The minimum atomic E-state index is -3.71. The van der Waals surface area contributed by atoms with Gasteiger partial charge in [-0.25, -0.2) is 12.8 Å². The van der Waals surface area contributed by atoms with Crippen molar-refractivity contribution in [3.8, 4) is 0 Å². The second-order valence-electron chi connectivity index (χ2n) is 2.40. The molecule has 1 aromatic carbocycles. The van der Waals surface area contributed by atoms with E-state index in [2.05, 4.69) is 15.9 Å². The molecule has 0 aliphatic carbocycles. The van der Waals surface area contributed by atoms with Crippen LogP contribution in [0.3, 0.4) is 0 Å². The Labute approximate surface area is 88.3 Å². The molecule has 0 aliphatic heterocycles. The second-order valence-corrected chi connectivity index (χ2v) is 6.03. The van der Waals surface area contributed by atoms with Crippen molar-refractivity contribution in [2.45, 2.75) is 5.75 Å². The number of hydrogen-bond acceptors (Lipinski definition) is 2. The Morgan fingerprint density at radius 1 is 1.46 bits per heavy atom. The van der Waals surface area contributed by atoms with Crippen LogP contribution in [0.25, 0.3) is 0 Å². The maximum Gasteiger partial charge on any atom is 0.236 e.